The third kappa shape index (κ3) is 2.46. The highest BCUT2D eigenvalue weighted by molar-refractivity contribution is 7.09. The molecule has 5 nitrogen and oxygen atoms in total. The van der Waals surface area contributed by atoms with Gasteiger partial charge in [-0.2, -0.15) is 9.36 Å². The lowest BCUT2D eigenvalue weighted by Crippen LogP contribution is -2.21. The molecular formula is C10H13N5S. The van der Waals surface area contributed by atoms with Gasteiger partial charge in [0.05, 0.1) is 0 Å². The minimum Gasteiger partial charge on any atom is -0.367 e. The summed E-state index contributed by atoms with van der Waals surface area (Å²) in [4.78, 5) is 10.3. The Hall–Kier alpha value is -1.69. The summed E-state index contributed by atoms with van der Waals surface area (Å²) in [6.45, 7) is 3.75. The van der Waals surface area contributed by atoms with E-state index in [0.717, 1.165) is 18.2 Å². The molecule has 84 valence electrons. The van der Waals surface area contributed by atoms with Crippen LogP contribution in [0.15, 0.2) is 24.5 Å². The number of nitrogens with two attached hydrogens (primary N) is 1. The van der Waals surface area contributed by atoms with Crippen molar-refractivity contribution in [1.29, 1.82) is 0 Å². The number of aromatic nitrogens is 3. The van der Waals surface area contributed by atoms with Crippen LogP contribution in [-0.4, -0.2) is 20.9 Å². The van der Waals surface area contributed by atoms with E-state index < -0.39 is 0 Å². The van der Waals surface area contributed by atoms with Gasteiger partial charge in [-0.15, -0.1) is 0 Å². The van der Waals surface area contributed by atoms with Crippen LogP contribution in [0.25, 0.3) is 0 Å². The Morgan fingerprint density at radius 3 is 2.69 bits per heavy atom. The summed E-state index contributed by atoms with van der Waals surface area (Å²) in [7, 11) is 0. The first-order valence-electron chi connectivity index (χ1n) is 5.02. The smallest absolute Gasteiger partial charge is 0.233 e. The molecule has 0 atom stereocenters. The molecule has 0 aliphatic heterocycles. The first-order chi connectivity index (χ1) is 7.79. The molecule has 0 bridgehead atoms. The van der Waals surface area contributed by atoms with Gasteiger partial charge >= 0.3 is 0 Å². The standard InChI is InChI=1S/C10H13N5S/c1-2-15(10-13-9(11)14-16-10)7-8-3-5-12-6-4-8/h3-6H,2,7H2,1H3,(H2,11,14). The lowest BCUT2D eigenvalue weighted by Gasteiger charge is -2.18. The van der Waals surface area contributed by atoms with Crippen LogP contribution in [0.4, 0.5) is 11.1 Å². The molecule has 0 spiro atoms. The molecule has 6 heteroatoms. The highest BCUT2D eigenvalue weighted by Crippen LogP contribution is 2.19. The predicted molar refractivity (Wildman–Crippen MR) is 65.3 cm³/mol. The molecule has 0 radical (unpaired) electrons. The van der Waals surface area contributed by atoms with Crippen molar-refractivity contribution in [3.63, 3.8) is 0 Å². The van der Waals surface area contributed by atoms with Crippen molar-refractivity contribution in [2.75, 3.05) is 17.2 Å². The van der Waals surface area contributed by atoms with E-state index in [1.807, 2.05) is 12.1 Å². The average Bonchev–Trinajstić information content (AvgIpc) is 2.74. The van der Waals surface area contributed by atoms with E-state index in [1.54, 1.807) is 12.4 Å². The fraction of sp³-hybridized carbons (Fsp3) is 0.300. The number of pyridine rings is 1. The highest BCUT2D eigenvalue weighted by Gasteiger charge is 2.09. The number of nitrogen functional groups attached to an aromatic ring is 1. The van der Waals surface area contributed by atoms with Crippen molar-refractivity contribution in [2.24, 2.45) is 0 Å². The van der Waals surface area contributed by atoms with Gasteiger partial charge in [-0.3, -0.25) is 4.98 Å². The maximum atomic E-state index is 5.52. The quantitative estimate of drug-likeness (QED) is 0.870. The topological polar surface area (TPSA) is 67.9 Å². The Bertz CT molecular complexity index is 441. The van der Waals surface area contributed by atoms with E-state index in [1.165, 1.54) is 17.1 Å². The van der Waals surface area contributed by atoms with Gasteiger partial charge < -0.3 is 10.6 Å². The zero-order valence-corrected chi connectivity index (χ0v) is 9.81. The second-order valence-corrected chi connectivity index (χ2v) is 4.04. The zero-order valence-electron chi connectivity index (χ0n) is 9.00. The van der Waals surface area contributed by atoms with Crippen molar-refractivity contribution < 1.29 is 0 Å². The summed E-state index contributed by atoms with van der Waals surface area (Å²) >= 11 is 1.33. The third-order valence-corrected chi connectivity index (χ3v) is 3.00. The predicted octanol–water partition coefficient (Wildman–Crippen LogP) is 1.54. The zero-order chi connectivity index (χ0) is 11.4. The van der Waals surface area contributed by atoms with E-state index in [0.29, 0.717) is 5.95 Å². The van der Waals surface area contributed by atoms with Crippen molar-refractivity contribution in [1.82, 2.24) is 14.3 Å². The van der Waals surface area contributed by atoms with E-state index >= 15 is 0 Å². The first kappa shape index (κ1) is 10.8. The van der Waals surface area contributed by atoms with E-state index in [9.17, 15) is 0 Å². The Morgan fingerprint density at radius 1 is 1.38 bits per heavy atom. The highest BCUT2D eigenvalue weighted by atomic mass is 32.1. The van der Waals surface area contributed by atoms with Crippen molar-refractivity contribution in [2.45, 2.75) is 13.5 Å². The largest absolute Gasteiger partial charge is 0.367 e. The summed E-state index contributed by atoms with van der Waals surface area (Å²) < 4.78 is 3.98. The van der Waals surface area contributed by atoms with Crippen LogP contribution >= 0.6 is 11.5 Å². The molecule has 0 saturated heterocycles. The van der Waals surface area contributed by atoms with Gasteiger partial charge in [-0.05, 0) is 24.6 Å². The van der Waals surface area contributed by atoms with Gasteiger partial charge in [-0.25, -0.2) is 0 Å². The summed E-state index contributed by atoms with van der Waals surface area (Å²) in [6.07, 6.45) is 3.58. The molecule has 0 amide bonds. The second-order valence-electron chi connectivity index (χ2n) is 3.30. The number of rotatable bonds is 4. The molecule has 16 heavy (non-hydrogen) atoms. The van der Waals surface area contributed by atoms with E-state index in [4.69, 9.17) is 5.73 Å². The molecule has 2 heterocycles. The van der Waals surface area contributed by atoms with Crippen molar-refractivity contribution in [3.05, 3.63) is 30.1 Å². The Morgan fingerprint density at radius 2 is 2.12 bits per heavy atom. The van der Waals surface area contributed by atoms with E-state index in [2.05, 4.69) is 26.2 Å². The van der Waals surface area contributed by atoms with Crippen LogP contribution < -0.4 is 10.6 Å². The number of hydrogen-bond acceptors (Lipinski definition) is 6. The van der Waals surface area contributed by atoms with Crippen molar-refractivity contribution >= 4 is 22.6 Å². The number of hydrogen-bond donors (Lipinski definition) is 1. The Labute approximate surface area is 98.1 Å². The molecule has 2 aromatic rings. The van der Waals surface area contributed by atoms with Gasteiger partial charge in [0.25, 0.3) is 0 Å². The summed E-state index contributed by atoms with van der Waals surface area (Å²) in [5, 5.41) is 0.858. The molecule has 0 aromatic carbocycles. The van der Waals surface area contributed by atoms with Gasteiger partial charge in [0.2, 0.25) is 11.1 Å². The van der Waals surface area contributed by atoms with Crippen LogP contribution in [0, 0.1) is 0 Å². The van der Waals surface area contributed by atoms with Gasteiger partial charge in [-0.1, -0.05) is 0 Å². The molecular weight excluding hydrogens is 222 g/mol. The fourth-order valence-electron chi connectivity index (χ4n) is 1.38. The Balaban J connectivity index is 2.12. The maximum absolute atomic E-state index is 5.52. The average molecular weight is 235 g/mol. The second kappa shape index (κ2) is 4.89. The van der Waals surface area contributed by atoms with Crippen LogP contribution in [0.2, 0.25) is 0 Å². The molecule has 0 aliphatic rings. The maximum Gasteiger partial charge on any atom is 0.233 e. The fourth-order valence-corrected chi connectivity index (χ4v) is 2.04. The minimum atomic E-state index is 0.341. The SMILES string of the molecule is CCN(Cc1ccncc1)c1nc(N)ns1. The molecule has 2 N–H and O–H groups in total. The third-order valence-electron chi connectivity index (χ3n) is 2.21. The van der Waals surface area contributed by atoms with Crippen LogP contribution in [0.5, 0.6) is 0 Å². The summed E-state index contributed by atoms with van der Waals surface area (Å²) in [6, 6.07) is 3.99. The number of anilines is 2. The summed E-state index contributed by atoms with van der Waals surface area (Å²) in [5.41, 5.74) is 6.72. The molecule has 0 aliphatic carbocycles. The first-order valence-corrected chi connectivity index (χ1v) is 5.80. The lowest BCUT2D eigenvalue weighted by atomic mass is 10.2. The molecule has 0 fully saturated rings. The molecule has 0 unspecified atom stereocenters. The Kier molecular flexibility index (Phi) is 3.31. The van der Waals surface area contributed by atoms with Gasteiger partial charge in [0, 0.05) is 37.0 Å². The van der Waals surface area contributed by atoms with Gasteiger partial charge in [0.1, 0.15) is 0 Å². The van der Waals surface area contributed by atoms with Crippen LogP contribution in [0.3, 0.4) is 0 Å². The summed E-state index contributed by atoms with van der Waals surface area (Å²) in [5.74, 6) is 0.341. The van der Waals surface area contributed by atoms with Gasteiger partial charge in [0.15, 0.2) is 0 Å². The van der Waals surface area contributed by atoms with E-state index in [-0.39, 0.29) is 0 Å². The molecule has 0 saturated carbocycles. The van der Waals surface area contributed by atoms with Crippen LogP contribution in [-0.2, 0) is 6.54 Å². The van der Waals surface area contributed by atoms with Crippen LogP contribution in [0.1, 0.15) is 12.5 Å². The van der Waals surface area contributed by atoms with Crippen molar-refractivity contribution in [3.8, 4) is 0 Å². The monoisotopic (exact) mass is 235 g/mol. The minimum absolute atomic E-state index is 0.341. The lowest BCUT2D eigenvalue weighted by molar-refractivity contribution is 0.825. The normalized spacial score (nSPS) is 10.3. The number of nitrogens with zero attached hydrogens (tertiary/aromatic N) is 4. The molecule has 2 rings (SSSR count). The molecule has 2 aromatic heterocycles.